The summed E-state index contributed by atoms with van der Waals surface area (Å²) in [6.45, 7) is 2.30. The number of rotatable bonds is 4. The van der Waals surface area contributed by atoms with Crippen molar-refractivity contribution in [2.45, 2.75) is 25.0 Å². The second-order valence-corrected chi connectivity index (χ2v) is 6.34. The number of sulfonamides is 1. The quantitative estimate of drug-likeness (QED) is 0.928. The van der Waals surface area contributed by atoms with Crippen LogP contribution in [-0.2, 0) is 16.6 Å². The van der Waals surface area contributed by atoms with Gasteiger partial charge in [-0.2, -0.15) is 0 Å². The van der Waals surface area contributed by atoms with E-state index in [1.165, 1.54) is 4.57 Å². The molecule has 2 aromatic rings. The van der Waals surface area contributed by atoms with Crippen LogP contribution in [0.4, 0.5) is 0 Å². The summed E-state index contributed by atoms with van der Waals surface area (Å²) in [5, 5.41) is 13.0. The third-order valence-electron chi connectivity index (χ3n) is 2.61. The summed E-state index contributed by atoms with van der Waals surface area (Å²) >= 11 is 12.1. The number of hydrogen-bond donors (Lipinski definition) is 1. The Morgan fingerprint density at radius 1 is 1.30 bits per heavy atom. The molecule has 0 amide bonds. The molecule has 20 heavy (non-hydrogen) atoms. The molecule has 1 heterocycles. The molecule has 0 bridgehead atoms. The van der Waals surface area contributed by atoms with Crippen LogP contribution in [0.3, 0.4) is 0 Å². The van der Waals surface area contributed by atoms with Gasteiger partial charge in [0.1, 0.15) is 0 Å². The number of primary sulfonamides is 1. The van der Waals surface area contributed by atoms with Crippen molar-refractivity contribution in [3.8, 4) is 11.4 Å². The minimum absolute atomic E-state index is 0.287. The van der Waals surface area contributed by atoms with Crippen LogP contribution in [-0.4, -0.2) is 23.2 Å². The number of nitrogens with zero attached hydrogens (tertiary/aromatic N) is 3. The molecule has 6 nitrogen and oxygen atoms in total. The van der Waals surface area contributed by atoms with Gasteiger partial charge in [-0.15, -0.1) is 10.2 Å². The van der Waals surface area contributed by atoms with E-state index in [1.54, 1.807) is 18.2 Å². The van der Waals surface area contributed by atoms with Crippen LogP contribution in [0.2, 0.25) is 10.0 Å². The molecule has 0 aliphatic carbocycles. The lowest BCUT2D eigenvalue weighted by Gasteiger charge is -2.09. The first-order chi connectivity index (χ1) is 9.36. The van der Waals surface area contributed by atoms with Crippen LogP contribution in [0.5, 0.6) is 0 Å². The molecule has 2 N–H and O–H groups in total. The molecule has 0 aliphatic rings. The average Bonchev–Trinajstić information content (AvgIpc) is 2.77. The monoisotopic (exact) mass is 334 g/mol. The number of aromatic nitrogens is 3. The molecule has 0 unspecified atom stereocenters. The molecule has 108 valence electrons. The maximum atomic E-state index is 11.5. The molecular formula is C11H12Cl2N4O2S. The highest BCUT2D eigenvalue weighted by Crippen LogP contribution is 2.33. The van der Waals surface area contributed by atoms with Crippen molar-refractivity contribution >= 4 is 33.2 Å². The summed E-state index contributed by atoms with van der Waals surface area (Å²) in [5.41, 5.74) is 0.509. The molecule has 0 atom stereocenters. The molecule has 9 heteroatoms. The minimum Gasteiger partial charge on any atom is -0.297 e. The SMILES string of the molecule is CCCn1c(-c2cccc(Cl)c2Cl)nnc1S(N)(=O)=O. The topological polar surface area (TPSA) is 90.9 Å². The van der Waals surface area contributed by atoms with E-state index in [2.05, 4.69) is 10.2 Å². The van der Waals surface area contributed by atoms with Gasteiger partial charge in [0.25, 0.3) is 15.2 Å². The second-order valence-electron chi connectivity index (χ2n) is 4.10. The molecule has 1 aromatic carbocycles. The van der Waals surface area contributed by atoms with Gasteiger partial charge < -0.3 is 0 Å². The standard InChI is InChI=1S/C11H12Cl2N4O2S/c1-2-6-17-10(15-16-11(17)20(14,18)19)7-4-3-5-8(12)9(7)13/h3-5H,2,6H2,1H3,(H2,14,18,19). The highest BCUT2D eigenvalue weighted by atomic mass is 35.5. The average molecular weight is 335 g/mol. The van der Waals surface area contributed by atoms with E-state index in [9.17, 15) is 8.42 Å². The molecule has 1 aromatic heterocycles. The zero-order valence-electron chi connectivity index (χ0n) is 10.5. The molecule has 0 spiro atoms. The number of halogens is 2. The minimum atomic E-state index is -3.95. The van der Waals surface area contributed by atoms with Crippen LogP contribution in [0, 0.1) is 0 Å². The first-order valence-electron chi connectivity index (χ1n) is 5.76. The van der Waals surface area contributed by atoms with Gasteiger partial charge in [0, 0.05) is 12.1 Å². The smallest absolute Gasteiger partial charge is 0.273 e. The van der Waals surface area contributed by atoms with Gasteiger partial charge in [-0.1, -0.05) is 36.2 Å². The summed E-state index contributed by atoms with van der Waals surface area (Å²) in [4.78, 5) is 0. The maximum Gasteiger partial charge on any atom is 0.273 e. The molecule has 2 rings (SSSR count). The van der Waals surface area contributed by atoms with Crippen LogP contribution < -0.4 is 5.14 Å². The van der Waals surface area contributed by atoms with Crippen molar-refractivity contribution in [3.63, 3.8) is 0 Å². The molecule has 0 saturated carbocycles. The zero-order valence-corrected chi connectivity index (χ0v) is 12.9. The van der Waals surface area contributed by atoms with Crippen LogP contribution in [0.15, 0.2) is 23.4 Å². The largest absolute Gasteiger partial charge is 0.297 e. The van der Waals surface area contributed by atoms with E-state index >= 15 is 0 Å². The maximum absolute atomic E-state index is 11.5. The first kappa shape index (κ1) is 15.2. The summed E-state index contributed by atoms with van der Waals surface area (Å²) in [6, 6.07) is 5.02. The summed E-state index contributed by atoms with van der Waals surface area (Å²) in [7, 11) is -3.95. The van der Waals surface area contributed by atoms with Gasteiger partial charge in [0.2, 0.25) is 0 Å². The Hall–Kier alpha value is -1.15. The molecule has 0 radical (unpaired) electrons. The number of benzene rings is 1. The van der Waals surface area contributed by atoms with E-state index in [1.807, 2.05) is 6.92 Å². The van der Waals surface area contributed by atoms with Gasteiger partial charge in [0.05, 0.1) is 10.0 Å². The lowest BCUT2D eigenvalue weighted by atomic mass is 10.2. The molecule has 0 saturated heterocycles. The predicted octanol–water partition coefficient (Wildman–Crippen LogP) is 2.31. The molecule has 0 fully saturated rings. The lowest BCUT2D eigenvalue weighted by Crippen LogP contribution is -2.19. The fourth-order valence-corrected chi connectivity index (χ4v) is 2.82. The normalized spacial score (nSPS) is 11.8. The van der Waals surface area contributed by atoms with E-state index < -0.39 is 10.0 Å². The second kappa shape index (κ2) is 5.69. The van der Waals surface area contributed by atoms with Crippen molar-refractivity contribution in [2.24, 2.45) is 5.14 Å². The summed E-state index contributed by atoms with van der Waals surface area (Å²) < 4.78 is 24.5. The Labute approximate surface area is 126 Å². The zero-order chi connectivity index (χ0) is 14.9. The van der Waals surface area contributed by atoms with Crippen molar-refractivity contribution in [3.05, 3.63) is 28.2 Å². The predicted molar refractivity (Wildman–Crippen MR) is 77.1 cm³/mol. The fraction of sp³-hybridized carbons (Fsp3) is 0.273. The van der Waals surface area contributed by atoms with Gasteiger partial charge in [-0.3, -0.25) is 4.57 Å². The summed E-state index contributed by atoms with van der Waals surface area (Å²) in [5.74, 6) is 0.323. The number of nitrogens with two attached hydrogens (primary N) is 1. The van der Waals surface area contributed by atoms with Crippen molar-refractivity contribution in [2.75, 3.05) is 0 Å². The van der Waals surface area contributed by atoms with Crippen LogP contribution >= 0.6 is 23.2 Å². The van der Waals surface area contributed by atoms with Crippen LogP contribution in [0.25, 0.3) is 11.4 Å². The van der Waals surface area contributed by atoms with Gasteiger partial charge in [0.15, 0.2) is 5.82 Å². The van der Waals surface area contributed by atoms with Gasteiger partial charge in [-0.25, -0.2) is 13.6 Å². The Bertz CT molecular complexity index is 743. The van der Waals surface area contributed by atoms with Crippen LogP contribution in [0.1, 0.15) is 13.3 Å². The lowest BCUT2D eigenvalue weighted by molar-refractivity contribution is 0.559. The van der Waals surface area contributed by atoms with Crippen molar-refractivity contribution < 1.29 is 8.42 Å². The number of hydrogen-bond acceptors (Lipinski definition) is 4. The Morgan fingerprint density at radius 3 is 2.60 bits per heavy atom. The van der Waals surface area contributed by atoms with Gasteiger partial charge in [-0.05, 0) is 18.6 Å². The van der Waals surface area contributed by atoms with E-state index in [-0.39, 0.29) is 5.16 Å². The third kappa shape index (κ3) is 2.80. The van der Waals surface area contributed by atoms with Gasteiger partial charge >= 0.3 is 0 Å². The molecule has 0 aliphatic heterocycles. The van der Waals surface area contributed by atoms with E-state index in [4.69, 9.17) is 28.3 Å². The third-order valence-corrected chi connectivity index (χ3v) is 4.24. The Kier molecular flexibility index (Phi) is 4.33. The van der Waals surface area contributed by atoms with Crippen molar-refractivity contribution in [1.82, 2.24) is 14.8 Å². The highest BCUT2D eigenvalue weighted by molar-refractivity contribution is 7.89. The van der Waals surface area contributed by atoms with E-state index in [0.717, 1.165) is 0 Å². The Balaban J connectivity index is 2.69. The fourth-order valence-electron chi connectivity index (χ4n) is 1.80. The first-order valence-corrected chi connectivity index (χ1v) is 8.07. The summed E-state index contributed by atoms with van der Waals surface area (Å²) in [6.07, 6.45) is 0.686. The molecular weight excluding hydrogens is 323 g/mol. The Morgan fingerprint density at radius 2 is 2.00 bits per heavy atom. The van der Waals surface area contributed by atoms with Crippen molar-refractivity contribution in [1.29, 1.82) is 0 Å². The highest BCUT2D eigenvalue weighted by Gasteiger charge is 2.23. The van der Waals surface area contributed by atoms with E-state index in [0.29, 0.717) is 34.4 Å².